The fraction of sp³-hybridized carbons (Fsp3) is 0.294. The molecule has 1 N–H and O–H groups in total. The van der Waals surface area contributed by atoms with E-state index < -0.39 is 0 Å². The molecule has 0 aliphatic carbocycles. The van der Waals surface area contributed by atoms with Gasteiger partial charge in [-0.25, -0.2) is 0 Å². The molecule has 2 rings (SSSR count). The first kappa shape index (κ1) is 16.4. The van der Waals surface area contributed by atoms with Gasteiger partial charge in [0.15, 0.2) is 0 Å². The van der Waals surface area contributed by atoms with Crippen molar-refractivity contribution in [2.45, 2.75) is 27.7 Å². The Labute approximate surface area is 135 Å². The van der Waals surface area contributed by atoms with Crippen molar-refractivity contribution >= 4 is 11.6 Å². The van der Waals surface area contributed by atoms with Gasteiger partial charge in [-0.2, -0.15) is 10.4 Å². The van der Waals surface area contributed by atoms with Gasteiger partial charge in [0, 0.05) is 11.6 Å². The maximum atomic E-state index is 11.6. The Morgan fingerprint density at radius 3 is 2.43 bits per heavy atom. The zero-order chi connectivity index (χ0) is 17.0. The largest absolute Gasteiger partial charge is 0.437 e. The van der Waals surface area contributed by atoms with Crippen LogP contribution in [0.2, 0.25) is 0 Å². The first-order valence-electron chi connectivity index (χ1n) is 7.25. The monoisotopic (exact) mass is 310 g/mol. The van der Waals surface area contributed by atoms with E-state index in [-0.39, 0.29) is 17.7 Å². The third kappa shape index (κ3) is 3.83. The van der Waals surface area contributed by atoms with Gasteiger partial charge in [0.25, 0.3) is 5.88 Å². The summed E-state index contributed by atoms with van der Waals surface area (Å²) in [7, 11) is 0. The lowest BCUT2D eigenvalue weighted by Crippen LogP contribution is -2.17. The highest BCUT2D eigenvalue weighted by molar-refractivity contribution is 5.92. The highest BCUT2D eigenvalue weighted by atomic mass is 16.5. The minimum absolute atomic E-state index is 0.0505. The third-order valence-corrected chi connectivity index (χ3v) is 3.39. The molecular weight excluding hydrogens is 292 g/mol. The zero-order valence-electron chi connectivity index (χ0n) is 13.5. The molecule has 0 atom stereocenters. The number of aryl methyl sites for hydroxylation is 1. The molecule has 6 heteroatoms. The van der Waals surface area contributed by atoms with Crippen LogP contribution in [0.1, 0.15) is 30.7 Å². The van der Waals surface area contributed by atoms with Crippen LogP contribution < -0.4 is 10.1 Å². The second kappa shape index (κ2) is 6.88. The van der Waals surface area contributed by atoms with Crippen molar-refractivity contribution in [2.75, 3.05) is 5.32 Å². The topological polar surface area (TPSA) is 87.9 Å². The van der Waals surface area contributed by atoms with Crippen molar-refractivity contribution in [1.29, 1.82) is 5.26 Å². The molecule has 0 saturated heterocycles. The van der Waals surface area contributed by atoms with Crippen LogP contribution in [0.4, 0.5) is 5.69 Å². The molecule has 1 amide bonds. The van der Waals surface area contributed by atoms with Gasteiger partial charge in [-0.15, -0.1) is 5.10 Å². The van der Waals surface area contributed by atoms with Gasteiger partial charge >= 0.3 is 0 Å². The van der Waals surface area contributed by atoms with Crippen LogP contribution in [0.3, 0.4) is 0 Å². The SMILES string of the molecule is Cc1nnc(Oc2ccc(NC(=O)C(C)C)cc2)c(C#N)c1C. The van der Waals surface area contributed by atoms with Crippen LogP contribution in [0.5, 0.6) is 11.6 Å². The van der Waals surface area contributed by atoms with E-state index in [9.17, 15) is 10.1 Å². The molecule has 118 valence electrons. The molecule has 23 heavy (non-hydrogen) atoms. The van der Waals surface area contributed by atoms with Crippen molar-refractivity contribution in [3.05, 3.63) is 41.1 Å². The van der Waals surface area contributed by atoms with Crippen LogP contribution in [-0.4, -0.2) is 16.1 Å². The number of ether oxygens (including phenoxy) is 1. The van der Waals surface area contributed by atoms with Gasteiger partial charge in [0.1, 0.15) is 17.4 Å². The fourth-order valence-corrected chi connectivity index (χ4v) is 1.79. The third-order valence-electron chi connectivity index (χ3n) is 3.39. The number of nitriles is 1. The van der Waals surface area contributed by atoms with Gasteiger partial charge in [0.2, 0.25) is 5.91 Å². The quantitative estimate of drug-likeness (QED) is 0.935. The number of nitrogens with one attached hydrogen (secondary N) is 1. The number of rotatable bonds is 4. The number of hydrogen-bond donors (Lipinski definition) is 1. The Bertz CT molecular complexity index is 761. The molecule has 0 bridgehead atoms. The van der Waals surface area contributed by atoms with Crippen molar-refractivity contribution in [2.24, 2.45) is 5.92 Å². The molecule has 1 heterocycles. The first-order valence-corrected chi connectivity index (χ1v) is 7.25. The summed E-state index contributed by atoms with van der Waals surface area (Å²) < 4.78 is 5.63. The Morgan fingerprint density at radius 1 is 1.22 bits per heavy atom. The summed E-state index contributed by atoms with van der Waals surface area (Å²) >= 11 is 0. The number of nitrogens with zero attached hydrogens (tertiary/aromatic N) is 3. The normalized spacial score (nSPS) is 10.3. The molecule has 1 aromatic heterocycles. The Kier molecular flexibility index (Phi) is 4.91. The molecule has 0 radical (unpaired) electrons. The highest BCUT2D eigenvalue weighted by Gasteiger charge is 2.13. The van der Waals surface area contributed by atoms with E-state index in [1.165, 1.54) is 0 Å². The summed E-state index contributed by atoms with van der Waals surface area (Å²) in [5.41, 5.74) is 2.50. The maximum Gasteiger partial charge on any atom is 0.257 e. The number of aromatic nitrogens is 2. The molecule has 0 fully saturated rings. The van der Waals surface area contributed by atoms with Gasteiger partial charge in [-0.05, 0) is 43.7 Å². The van der Waals surface area contributed by atoms with Crippen LogP contribution >= 0.6 is 0 Å². The average molecular weight is 310 g/mol. The fourth-order valence-electron chi connectivity index (χ4n) is 1.79. The summed E-state index contributed by atoms with van der Waals surface area (Å²) in [6.45, 7) is 7.25. The molecule has 0 saturated carbocycles. The second-order valence-electron chi connectivity index (χ2n) is 5.47. The standard InChI is InChI=1S/C17H18N4O2/c1-10(2)16(22)19-13-5-7-14(8-6-13)23-17-15(9-18)11(3)12(4)20-21-17/h5-8,10H,1-4H3,(H,19,22). The molecule has 0 unspecified atom stereocenters. The number of carbonyl (C=O) groups is 1. The Hall–Kier alpha value is -2.94. The second-order valence-corrected chi connectivity index (χ2v) is 5.47. The molecule has 2 aromatic rings. The van der Waals surface area contributed by atoms with E-state index in [0.29, 0.717) is 22.7 Å². The predicted octanol–water partition coefficient (Wildman–Crippen LogP) is 3.35. The minimum atomic E-state index is -0.0880. The van der Waals surface area contributed by atoms with Gasteiger partial charge in [-0.3, -0.25) is 4.79 Å². The molecule has 6 nitrogen and oxygen atoms in total. The smallest absolute Gasteiger partial charge is 0.257 e. The van der Waals surface area contributed by atoms with Gasteiger partial charge in [-0.1, -0.05) is 13.8 Å². The number of carbonyl (C=O) groups excluding carboxylic acids is 1. The zero-order valence-corrected chi connectivity index (χ0v) is 13.5. The summed E-state index contributed by atoms with van der Waals surface area (Å²) in [6, 6.07) is 8.96. The van der Waals surface area contributed by atoms with E-state index in [2.05, 4.69) is 21.6 Å². The van der Waals surface area contributed by atoms with Gasteiger partial charge < -0.3 is 10.1 Å². The molecule has 0 spiro atoms. The van der Waals surface area contributed by atoms with Crippen molar-refractivity contribution in [1.82, 2.24) is 10.2 Å². The summed E-state index contributed by atoms with van der Waals surface area (Å²) in [4.78, 5) is 11.6. The van der Waals surface area contributed by atoms with E-state index in [1.807, 2.05) is 13.8 Å². The maximum absolute atomic E-state index is 11.6. The van der Waals surface area contributed by atoms with E-state index in [4.69, 9.17) is 4.74 Å². The van der Waals surface area contributed by atoms with Crippen molar-refractivity contribution in [3.8, 4) is 17.7 Å². The van der Waals surface area contributed by atoms with Crippen molar-refractivity contribution < 1.29 is 9.53 Å². The minimum Gasteiger partial charge on any atom is -0.437 e. The summed E-state index contributed by atoms with van der Waals surface area (Å²) in [5.74, 6) is 0.552. The van der Waals surface area contributed by atoms with E-state index in [1.54, 1.807) is 38.1 Å². The van der Waals surface area contributed by atoms with Crippen molar-refractivity contribution in [3.63, 3.8) is 0 Å². The molecule has 1 aromatic carbocycles. The number of hydrogen-bond acceptors (Lipinski definition) is 5. The molecule has 0 aliphatic heterocycles. The van der Waals surface area contributed by atoms with Crippen LogP contribution in [0.15, 0.2) is 24.3 Å². The first-order chi connectivity index (χ1) is 10.9. The van der Waals surface area contributed by atoms with Crippen LogP contribution in [-0.2, 0) is 4.79 Å². The lowest BCUT2D eigenvalue weighted by Gasteiger charge is -2.10. The summed E-state index contributed by atoms with van der Waals surface area (Å²) in [6.07, 6.45) is 0. The van der Waals surface area contributed by atoms with E-state index >= 15 is 0 Å². The lowest BCUT2D eigenvalue weighted by atomic mass is 10.1. The highest BCUT2D eigenvalue weighted by Crippen LogP contribution is 2.26. The predicted molar refractivity (Wildman–Crippen MR) is 86.2 cm³/mol. The average Bonchev–Trinajstić information content (AvgIpc) is 2.53. The van der Waals surface area contributed by atoms with Crippen LogP contribution in [0, 0.1) is 31.1 Å². The van der Waals surface area contributed by atoms with E-state index in [0.717, 1.165) is 5.56 Å². The lowest BCUT2D eigenvalue weighted by molar-refractivity contribution is -0.118. The van der Waals surface area contributed by atoms with Gasteiger partial charge in [0.05, 0.1) is 5.69 Å². The Balaban J connectivity index is 2.18. The molecule has 0 aliphatic rings. The molecular formula is C17H18N4O2. The number of benzene rings is 1. The van der Waals surface area contributed by atoms with Crippen LogP contribution in [0.25, 0.3) is 0 Å². The number of amides is 1. The summed E-state index contributed by atoms with van der Waals surface area (Å²) in [5, 5.41) is 20.0. The number of anilines is 1. The Morgan fingerprint density at radius 2 is 1.87 bits per heavy atom.